The van der Waals surface area contributed by atoms with Crippen molar-refractivity contribution >= 4 is 34.4 Å². The van der Waals surface area contributed by atoms with Crippen LogP contribution in [0.5, 0.6) is 0 Å². The van der Waals surface area contributed by atoms with Gasteiger partial charge in [0.2, 0.25) is 5.91 Å². The van der Waals surface area contributed by atoms with E-state index in [1.54, 1.807) is 12.1 Å². The number of fused-ring (bicyclic) bond motifs is 1. The number of nitrogens with one attached hydrogen (secondary N) is 1. The van der Waals surface area contributed by atoms with E-state index in [0.717, 1.165) is 0 Å². The number of hydrogen-bond acceptors (Lipinski definition) is 4. The second kappa shape index (κ2) is 5.65. The maximum Gasteiger partial charge on any atom is 0.243 e. The van der Waals surface area contributed by atoms with E-state index < -0.39 is 11.9 Å². The van der Waals surface area contributed by atoms with E-state index in [4.69, 9.17) is 23.8 Å². The first-order valence-corrected chi connectivity index (χ1v) is 5.92. The maximum absolute atomic E-state index is 11.7. The highest BCUT2D eigenvalue weighted by atomic mass is 35.5. The number of para-hydroxylation sites is 2. The first-order chi connectivity index (χ1) is 9.11. The minimum Gasteiger partial charge on any atom is -0.319 e. The van der Waals surface area contributed by atoms with Crippen molar-refractivity contribution in [1.82, 2.24) is 9.97 Å². The second-order valence-corrected chi connectivity index (χ2v) is 4.21. The Morgan fingerprint density at radius 2 is 2.05 bits per heavy atom. The number of anilines is 1. The van der Waals surface area contributed by atoms with E-state index in [1.165, 1.54) is 0 Å². The number of hydrogen-bond donors (Lipinski definition) is 2. The first kappa shape index (κ1) is 13.3. The molecular formula is C13H11ClN4O. The van der Waals surface area contributed by atoms with Gasteiger partial charge in [-0.1, -0.05) is 23.7 Å². The van der Waals surface area contributed by atoms with Gasteiger partial charge in [-0.25, -0.2) is 9.97 Å². The maximum atomic E-state index is 11.7. The average Bonchev–Trinajstić information content (AvgIpc) is 2.39. The number of amides is 1. The fourth-order valence-electron chi connectivity index (χ4n) is 1.49. The molecule has 1 amide bonds. The topological polar surface area (TPSA) is 80.9 Å². The molecule has 6 heteroatoms. The van der Waals surface area contributed by atoms with Gasteiger partial charge < -0.3 is 11.1 Å². The SMILES string of the molecule is C#CCC(N)C(=O)Nc1nc2ccccc2nc1Cl. The number of terminal acetylenes is 1. The summed E-state index contributed by atoms with van der Waals surface area (Å²) in [5, 5.41) is 2.63. The number of aromatic nitrogens is 2. The van der Waals surface area contributed by atoms with Gasteiger partial charge in [0, 0.05) is 6.42 Å². The Labute approximate surface area is 115 Å². The normalized spacial score (nSPS) is 11.8. The lowest BCUT2D eigenvalue weighted by molar-refractivity contribution is -0.117. The fraction of sp³-hybridized carbons (Fsp3) is 0.154. The van der Waals surface area contributed by atoms with Crippen molar-refractivity contribution < 1.29 is 4.79 Å². The van der Waals surface area contributed by atoms with Crippen molar-refractivity contribution in [2.45, 2.75) is 12.5 Å². The molecule has 3 N–H and O–H groups in total. The average molecular weight is 275 g/mol. The summed E-state index contributed by atoms with van der Waals surface area (Å²) in [5.74, 6) is 2.06. The zero-order valence-corrected chi connectivity index (χ0v) is 10.7. The zero-order valence-electron chi connectivity index (χ0n) is 9.93. The molecular weight excluding hydrogens is 264 g/mol. The number of nitrogens with two attached hydrogens (primary N) is 1. The monoisotopic (exact) mass is 274 g/mol. The second-order valence-electron chi connectivity index (χ2n) is 3.86. The predicted octanol–water partition coefficient (Wildman–Crippen LogP) is 1.57. The molecule has 1 atom stereocenters. The molecule has 5 nitrogen and oxygen atoms in total. The van der Waals surface area contributed by atoms with E-state index in [0.29, 0.717) is 11.0 Å². The van der Waals surface area contributed by atoms with E-state index >= 15 is 0 Å². The van der Waals surface area contributed by atoms with Crippen molar-refractivity contribution in [1.29, 1.82) is 0 Å². The summed E-state index contributed by atoms with van der Waals surface area (Å²) in [7, 11) is 0. The standard InChI is InChI=1S/C13H11ClN4O/c1-2-5-8(15)13(19)18-12-11(14)16-9-6-3-4-7-10(9)17-12/h1,3-4,6-8H,5,15H2,(H,17,18,19). The molecule has 0 radical (unpaired) electrons. The van der Waals surface area contributed by atoms with Crippen LogP contribution in [0.3, 0.4) is 0 Å². The summed E-state index contributed by atoms with van der Waals surface area (Å²) in [6, 6.07) is 6.41. The molecule has 96 valence electrons. The Morgan fingerprint density at radius 1 is 1.42 bits per heavy atom. The van der Waals surface area contributed by atoms with Crippen LogP contribution in [-0.2, 0) is 4.79 Å². The van der Waals surface area contributed by atoms with E-state index in [2.05, 4.69) is 21.2 Å². The molecule has 0 bridgehead atoms. The minimum absolute atomic E-state index is 0.111. The quantitative estimate of drug-likeness (QED) is 0.833. The number of rotatable bonds is 3. The lowest BCUT2D eigenvalue weighted by Crippen LogP contribution is -2.35. The number of carbonyl (C=O) groups excluding carboxylic acids is 1. The van der Waals surface area contributed by atoms with Crippen molar-refractivity contribution in [3.63, 3.8) is 0 Å². The van der Waals surface area contributed by atoms with Crippen LogP contribution in [0.1, 0.15) is 6.42 Å². The van der Waals surface area contributed by atoms with Crippen LogP contribution in [0, 0.1) is 12.3 Å². The molecule has 1 aromatic heterocycles. The third kappa shape index (κ3) is 2.99. The highest BCUT2D eigenvalue weighted by molar-refractivity contribution is 6.32. The highest BCUT2D eigenvalue weighted by Crippen LogP contribution is 2.21. The molecule has 1 unspecified atom stereocenters. The van der Waals surface area contributed by atoms with Gasteiger partial charge in [-0.3, -0.25) is 4.79 Å². The Hall–Kier alpha value is -2.16. The summed E-state index contributed by atoms with van der Waals surface area (Å²) in [4.78, 5) is 20.1. The van der Waals surface area contributed by atoms with Crippen LogP contribution >= 0.6 is 11.6 Å². The molecule has 0 aliphatic carbocycles. The molecule has 2 aromatic rings. The number of benzene rings is 1. The summed E-state index contributed by atoms with van der Waals surface area (Å²) < 4.78 is 0. The predicted molar refractivity (Wildman–Crippen MR) is 74.6 cm³/mol. The minimum atomic E-state index is -0.797. The van der Waals surface area contributed by atoms with E-state index in [-0.39, 0.29) is 17.4 Å². The van der Waals surface area contributed by atoms with Crippen LogP contribution in [0.15, 0.2) is 24.3 Å². The van der Waals surface area contributed by atoms with Gasteiger partial charge >= 0.3 is 0 Å². The molecule has 19 heavy (non-hydrogen) atoms. The lowest BCUT2D eigenvalue weighted by atomic mass is 10.2. The Kier molecular flexibility index (Phi) is 3.95. The highest BCUT2D eigenvalue weighted by Gasteiger charge is 2.15. The van der Waals surface area contributed by atoms with Gasteiger partial charge in [0.25, 0.3) is 0 Å². The van der Waals surface area contributed by atoms with Crippen LogP contribution in [0.25, 0.3) is 11.0 Å². The van der Waals surface area contributed by atoms with Crippen LogP contribution in [-0.4, -0.2) is 21.9 Å². The van der Waals surface area contributed by atoms with Gasteiger partial charge in [0.1, 0.15) is 0 Å². The Morgan fingerprint density at radius 3 is 2.68 bits per heavy atom. The largest absolute Gasteiger partial charge is 0.319 e. The smallest absolute Gasteiger partial charge is 0.243 e. The fourth-order valence-corrected chi connectivity index (χ4v) is 1.67. The molecule has 0 fully saturated rings. The molecule has 0 aliphatic heterocycles. The molecule has 0 saturated heterocycles. The molecule has 1 aromatic carbocycles. The third-order valence-electron chi connectivity index (χ3n) is 2.44. The lowest BCUT2D eigenvalue weighted by Gasteiger charge is -2.10. The van der Waals surface area contributed by atoms with Crippen molar-refractivity contribution in [2.75, 3.05) is 5.32 Å². The Balaban J connectivity index is 2.28. The molecule has 0 spiro atoms. The summed E-state index contributed by atoms with van der Waals surface area (Å²) in [6.07, 6.45) is 5.24. The number of halogens is 1. The third-order valence-corrected chi connectivity index (χ3v) is 2.71. The molecule has 1 heterocycles. The van der Waals surface area contributed by atoms with Crippen molar-refractivity contribution in [3.8, 4) is 12.3 Å². The molecule has 2 rings (SSSR count). The van der Waals surface area contributed by atoms with E-state index in [9.17, 15) is 4.79 Å². The van der Waals surface area contributed by atoms with Gasteiger partial charge in [-0.2, -0.15) is 0 Å². The number of carbonyl (C=O) groups is 1. The van der Waals surface area contributed by atoms with Crippen LogP contribution in [0.4, 0.5) is 5.82 Å². The summed E-state index contributed by atoms with van der Waals surface area (Å²) in [5.41, 5.74) is 6.88. The molecule has 0 saturated carbocycles. The van der Waals surface area contributed by atoms with Crippen molar-refractivity contribution in [2.24, 2.45) is 5.73 Å². The first-order valence-electron chi connectivity index (χ1n) is 5.54. The van der Waals surface area contributed by atoms with Gasteiger partial charge in [0.05, 0.1) is 17.1 Å². The van der Waals surface area contributed by atoms with Crippen molar-refractivity contribution in [3.05, 3.63) is 29.4 Å². The van der Waals surface area contributed by atoms with Crippen LogP contribution in [0.2, 0.25) is 5.15 Å². The van der Waals surface area contributed by atoms with Gasteiger partial charge in [-0.05, 0) is 12.1 Å². The summed E-state index contributed by atoms with van der Waals surface area (Å²) in [6.45, 7) is 0. The van der Waals surface area contributed by atoms with Gasteiger partial charge in [0.15, 0.2) is 11.0 Å². The summed E-state index contributed by atoms with van der Waals surface area (Å²) >= 11 is 5.96. The van der Waals surface area contributed by atoms with E-state index in [1.807, 2.05) is 12.1 Å². The zero-order chi connectivity index (χ0) is 13.8. The van der Waals surface area contributed by atoms with Crippen LogP contribution < -0.4 is 11.1 Å². The van der Waals surface area contributed by atoms with Gasteiger partial charge in [-0.15, -0.1) is 12.3 Å². The Bertz CT molecular complexity index is 665. The molecule has 0 aliphatic rings. The number of nitrogens with zero attached hydrogens (tertiary/aromatic N) is 2.